The number of anilines is 1. The van der Waals surface area contributed by atoms with Crippen molar-refractivity contribution in [2.24, 2.45) is 0 Å². The quantitative estimate of drug-likeness (QED) is 0.695. The third-order valence-corrected chi connectivity index (χ3v) is 3.77. The van der Waals surface area contributed by atoms with Crippen LogP contribution in [0.2, 0.25) is 0 Å². The van der Waals surface area contributed by atoms with Gasteiger partial charge in [0.15, 0.2) is 0 Å². The Kier molecular flexibility index (Phi) is 3.60. The Hall–Kier alpha value is -2.36. The summed E-state index contributed by atoms with van der Waals surface area (Å²) in [6, 6.07) is 9.80. The second kappa shape index (κ2) is 5.56. The van der Waals surface area contributed by atoms with E-state index in [2.05, 4.69) is 12.1 Å². The molecule has 0 atom stereocenters. The van der Waals surface area contributed by atoms with Crippen LogP contribution in [0.15, 0.2) is 36.4 Å². The molecule has 2 aromatic carbocycles. The van der Waals surface area contributed by atoms with Crippen molar-refractivity contribution in [2.75, 3.05) is 5.73 Å². The largest absolute Gasteiger partial charge is 0.457 e. The molecule has 0 aliphatic heterocycles. The molecule has 108 valence electrons. The zero-order chi connectivity index (χ0) is 14.8. The number of benzene rings is 2. The van der Waals surface area contributed by atoms with Gasteiger partial charge >= 0.3 is 5.97 Å². The van der Waals surface area contributed by atoms with Crippen molar-refractivity contribution in [3.05, 3.63) is 64.5 Å². The second-order valence-electron chi connectivity index (χ2n) is 5.26. The Bertz CT molecular complexity index is 697. The molecule has 3 nitrogen and oxygen atoms in total. The van der Waals surface area contributed by atoms with Crippen LogP contribution in [0, 0.1) is 5.82 Å². The van der Waals surface area contributed by atoms with E-state index in [1.165, 1.54) is 29.7 Å². The molecule has 0 aromatic heterocycles. The van der Waals surface area contributed by atoms with Crippen LogP contribution in [0.3, 0.4) is 0 Å². The van der Waals surface area contributed by atoms with Gasteiger partial charge in [0.25, 0.3) is 0 Å². The van der Waals surface area contributed by atoms with Gasteiger partial charge in [-0.15, -0.1) is 0 Å². The summed E-state index contributed by atoms with van der Waals surface area (Å²) in [7, 11) is 0. The number of rotatable bonds is 3. The summed E-state index contributed by atoms with van der Waals surface area (Å²) in [5.41, 5.74) is 9.59. The molecule has 4 heteroatoms. The Morgan fingerprint density at radius 3 is 2.81 bits per heavy atom. The fourth-order valence-corrected chi connectivity index (χ4v) is 2.65. The number of ether oxygens (including phenoxy) is 1. The van der Waals surface area contributed by atoms with Crippen molar-refractivity contribution in [1.29, 1.82) is 0 Å². The molecule has 2 aromatic rings. The molecule has 2 N–H and O–H groups in total. The number of hydrogen-bond donors (Lipinski definition) is 1. The van der Waals surface area contributed by atoms with Crippen molar-refractivity contribution in [3.63, 3.8) is 0 Å². The first kappa shape index (κ1) is 13.6. The fraction of sp³-hybridized carbons (Fsp3) is 0.235. The van der Waals surface area contributed by atoms with Gasteiger partial charge in [-0.25, -0.2) is 9.18 Å². The summed E-state index contributed by atoms with van der Waals surface area (Å²) in [5.74, 6) is -1.11. The van der Waals surface area contributed by atoms with Crippen LogP contribution >= 0.6 is 0 Å². The van der Waals surface area contributed by atoms with E-state index in [4.69, 9.17) is 10.5 Å². The molecule has 0 heterocycles. The summed E-state index contributed by atoms with van der Waals surface area (Å²) >= 11 is 0. The predicted octanol–water partition coefficient (Wildman–Crippen LogP) is 3.25. The van der Waals surface area contributed by atoms with E-state index >= 15 is 0 Å². The van der Waals surface area contributed by atoms with Crippen molar-refractivity contribution in [2.45, 2.75) is 25.9 Å². The SMILES string of the molecule is Nc1ccc(F)cc1C(=O)OCc1ccc2c(c1)CCC2. The van der Waals surface area contributed by atoms with E-state index in [1.807, 2.05) is 6.07 Å². The van der Waals surface area contributed by atoms with Crippen LogP contribution < -0.4 is 5.73 Å². The molecule has 21 heavy (non-hydrogen) atoms. The van der Waals surface area contributed by atoms with E-state index in [9.17, 15) is 9.18 Å². The third kappa shape index (κ3) is 2.89. The standard InChI is InChI=1S/C17H16FNO2/c18-14-6-7-16(19)15(9-14)17(20)21-10-11-4-5-12-2-1-3-13(12)8-11/h4-9H,1-3,10,19H2. The second-order valence-corrected chi connectivity index (χ2v) is 5.26. The minimum absolute atomic E-state index is 0.0659. The summed E-state index contributed by atoms with van der Waals surface area (Å²) in [4.78, 5) is 12.0. The van der Waals surface area contributed by atoms with Crippen molar-refractivity contribution >= 4 is 11.7 Å². The van der Waals surface area contributed by atoms with Gasteiger partial charge in [-0.3, -0.25) is 0 Å². The first-order valence-corrected chi connectivity index (χ1v) is 6.96. The van der Waals surface area contributed by atoms with Crippen LogP contribution in [0.1, 0.15) is 33.5 Å². The first-order chi connectivity index (χ1) is 10.1. The summed E-state index contributed by atoms with van der Waals surface area (Å²) in [6.45, 7) is 0.169. The fourth-order valence-electron chi connectivity index (χ4n) is 2.65. The molecule has 0 radical (unpaired) electrons. The van der Waals surface area contributed by atoms with E-state index < -0.39 is 11.8 Å². The third-order valence-electron chi connectivity index (χ3n) is 3.77. The van der Waals surface area contributed by atoms with Gasteiger partial charge in [-0.2, -0.15) is 0 Å². The van der Waals surface area contributed by atoms with E-state index in [-0.39, 0.29) is 17.9 Å². The summed E-state index contributed by atoms with van der Waals surface area (Å²) < 4.78 is 18.4. The van der Waals surface area contributed by atoms with Crippen molar-refractivity contribution < 1.29 is 13.9 Å². The molecule has 0 bridgehead atoms. The number of hydrogen-bond acceptors (Lipinski definition) is 3. The maximum atomic E-state index is 13.2. The Morgan fingerprint density at radius 2 is 1.95 bits per heavy atom. The minimum atomic E-state index is -0.604. The number of fused-ring (bicyclic) bond motifs is 1. The van der Waals surface area contributed by atoms with Crippen LogP contribution in [0.5, 0.6) is 0 Å². The molecule has 3 rings (SSSR count). The van der Waals surface area contributed by atoms with Gasteiger partial charge in [0.1, 0.15) is 12.4 Å². The average Bonchev–Trinajstić information content (AvgIpc) is 2.94. The number of carbonyl (C=O) groups excluding carboxylic acids is 1. The highest BCUT2D eigenvalue weighted by Crippen LogP contribution is 2.23. The number of aryl methyl sites for hydroxylation is 2. The Labute approximate surface area is 122 Å². The van der Waals surface area contributed by atoms with Crippen molar-refractivity contribution in [1.82, 2.24) is 0 Å². The topological polar surface area (TPSA) is 52.3 Å². The number of nitrogen functional groups attached to an aromatic ring is 1. The number of halogens is 1. The predicted molar refractivity (Wildman–Crippen MR) is 78.4 cm³/mol. The zero-order valence-electron chi connectivity index (χ0n) is 11.6. The monoisotopic (exact) mass is 285 g/mol. The van der Waals surface area contributed by atoms with E-state index in [0.29, 0.717) is 0 Å². The lowest BCUT2D eigenvalue weighted by Gasteiger charge is -2.08. The Morgan fingerprint density at radius 1 is 1.14 bits per heavy atom. The van der Waals surface area contributed by atoms with Crippen LogP contribution in [0.25, 0.3) is 0 Å². The maximum Gasteiger partial charge on any atom is 0.340 e. The molecule has 0 saturated heterocycles. The van der Waals surface area contributed by atoms with Gasteiger partial charge in [-0.1, -0.05) is 18.2 Å². The Balaban J connectivity index is 1.70. The molecule has 0 unspecified atom stereocenters. The lowest BCUT2D eigenvalue weighted by Crippen LogP contribution is -2.09. The van der Waals surface area contributed by atoms with Gasteiger partial charge in [-0.05, 0) is 54.2 Å². The van der Waals surface area contributed by atoms with Crippen molar-refractivity contribution in [3.8, 4) is 0 Å². The average molecular weight is 285 g/mol. The zero-order valence-corrected chi connectivity index (χ0v) is 11.6. The maximum absolute atomic E-state index is 13.2. The smallest absolute Gasteiger partial charge is 0.340 e. The van der Waals surface area contributed by atoms with Gasteiger partial charge in [0, 0.05) is 5.69 Å². The number of carbonyl (C=O) groups is 1. The lowest BCUT2D eigenvalue weighted by atomic mass is 10.1. The molecule has 1 aliphatic carbocycles. The molecule has 0 saturated carbocycles. The minimum Gasteiger partial charge on any atom is -0.457 e. The van der Waals surface area contributed by atoms with Crippen LogP contribution in [-0.4, -0.2) is 5.97 Å². The van der Waals surface area contributed by atoms with Crippen LogP contribution in [0.4, 0.5) is 10.1 Å². The lowest BCUT2D eigenvalue weighted by molar-refractivity contribution is 0.0473. The molecule has 1 aliphatic rings. The highest BCUT2D eigenvalue weighted by atomic mass is 19.1. The molecule has 0 spiro atoms. The first-order valence-electron chi connectivity index (χ1n) is 6.96. The normalized spacial score (nSPS) is 13.0. The van der Waals surface area contributed by atoms with E-state index in [1.54, 1.807) is 0 Å². The number of esters is 1. The van der Waals surface area contributed by atoms with Gasteiger partial charge in [0.05, 0.1) is 5.56 Å². The van der Waals surface area contributed by atoms with Crippen LogP contribution in [-0.2, 0) is 24.2 Å². The molecule has 0 fully saturated rings. The van der Waals surface area contributed by atoms with Gasteiger partial charge in [0.2, 0.25) is 0 Å². The highest BCUT2D eigenvalue weighted by molar-refractivity contribution is 5.95. The van der Waals surface area contributed by atoms with Gasteiger partial charge < -0.3 is 10.5 Å². The van der Waals surface area contributed by atoms with E-state index in [0.717, 1.165) is 24.5 Å². The summed E-state index contributed by atoms with van der Waals surface area (Å²) in [6.07, 6.45) is 3.38. The molecule has 0 amide bonds. The molecular formula is C17H16FNO2. The summed E-state index contributed by atoms with van der Waals surface area (Å²) in [5, 5.41) is 0. The molecular weight excluding hydrogens is 269 g/mol. The number of nitrogens with two attached hydrogens (primary N) is 1. The highest BCUT2D eigenvalue weighted by Gasteiger charge is 2.14.